The van der Waals surface area contributed by atoms with Crippen LogP contribution >= 0.6 is 0 Å². The molecule has 0 unspecified atom stereocenters. The highest BCUT2D eigenvalue weighted by atomic mass is 15.3. The molecule has 8 heavy (non-hydrogen) atoms. The fraction of sp³-hybridized carbons (Fsp3) is 0.250. The van der Waals surface area contributed by atoms with Gasteiger partial charge in [-0.05, 0) is 12.1 Å². The average Bonchev–Trinajstić information content (AvgIpc) is 1.64. The zero-order valence-corrected chi connectivity index (χ0v) is 4.50. The maximum Gasteiger partial charge on any atom is 0.149 e. The summed E-state index contributed by atoms with van der Waals surface area (Å²) in [5.74, 6) is 0.414. The van der Waals surface area contributed by atoms with E-state index in [0.29, 0.717) is 5.82 Å². The van der Waals surface area contributed by atoms with Crippen LogP contribution in [0.2, 0.25) is 0 Å². The van der Waals surface area contributed by atoms with Crippen LogP contribution in [0.5, 0.6) is 0 Å². The third-order valence-corrected chi connectivity index (χ3v) is 0.719. The lowest BCUT2D eigenvalue weighted by molar-refractivity contribution is 0.847. The van der Waals surface area contributed by atoms with Crippen molar-refractivity contribution in [1.82, 2.24) is 15.4 Å². The second-order valence-corrected chi connectivity index (χ2v) is 1.50. The summed E-state index contributed by atoms with van der Waals surface area (Å²) in [5.41, 5.74) is 6.03. The van der Waals surface area contributed by atoms with Crippen LogP contribution in [0.25, 0.3) is 0 Å². The van der Waals surface area contributed by atoms with Gasteiger partial charge in [-0.2, -0.15) is 0 Å². The number of nitrogens with zero attached hydrogens (tertiary/aromatic N) is 3. The lowest BCUT2D eigenvalue weighted by Crippen LogP contribution is -1.95. The van der Waals surface area contributed by atoms with Gasteiger partial charge in [0, 0.05) is 6.07 Å². The van der Waals surface area contributed by atoms with Crippen LogP contribution in [0.1, 0.15) is 5.69 Å². The summed E-state index contributed by atoms with van der Waals surface area (Å²) in [5, 5.41) is 10.4. The molecular formula is C4H6N4. The third-order valence-electron chi connectivity index (χ3n) is 0.719. The molecule has 0 saturated heterocycles. The lowest BCUT2D eigenvalue weighted by Gasteiger charge is -1.87. The van der Waals surface area contributed by atoms with Gasteiger partial charge >= 0.3 is 0 Å². The smallest absolute Gasteiger partial charge is 0.149 e. The molecule has 0 saturated carbocycles. The van der Waals surface area contributed by atoms with Gasteiger partial charge in [-0.15, -0.1) is 10.2 Å². The predicted molar refractivity (Wildman–Crippen MR) is 29.0 cm³/mol. The van der Waals surface area contributed by atoms with E-state index in [9.17, 15) is 0 Å². The molecule has 1 rings (SSSR count). The summed E-state index contributed by atoms with van der Waals surface area (Å²) in [7, 11) is 0. The molecule has 42 valence electrons. The van der Waals surface area contributed by atoms with Gasteiger partial charge in [0.15, 0.2) is 0 Å². The molecule has 1 heterocycles. The van der Waals surface area contributed by atoms with Gasteiger partial charge in [-0.1, -0.05) is 0 Å². The van der Waals surface area contributed by atoms with Gasteiger partial charge in [0.25, 0.3) is 0 Å². The first-order valence-electron chi connectivity index (χ1n) is 2.21. The maximum atomic E-state index is 5.24. The van der Waals surface area contributed by atoms with Crippen LogP contribution in [0.15, 0.2) is 6.07 Å². The summed E-state index contributed by atoms with van der Waals surface area (Å²) >= 11 is 0. The maximum absolute atomic E-state index is 5.24. The second kappa shape index (κ2) is 1.73. The average molecular weight is 110 g/mol. The number of aryl methyl sites for hydroxylation is 1. The summed E-state index contributed by atoms with van der Waals surface area (Å²) in [6.07, 6.45) is 0. The van der Waals surface area contributed by atoms with Gasteiger partial charge in [0.1, 0.15) is 5.82 Å². The van der Waals surface area contributed by atoms with E-state index in [1.165, 1.54) is 0 Å². The molecule has 0 amide bonds. The molecule has 0 bridgehead atoms. The van der Waals surface area contributed by atoms with Crippen LogP contribution in [0.3, 0.4) is 0 Å². The van der Waals surface area contributed by atoms with Crippen LogP contribution < -0.4 is 5.73 Å². The van der Waals surface area contributed by atoms with E-state index >= 15 is 0 Å². The Labute approximate surface area is 46.7 Å². The highest BCUT2D eigenvalue weighted by Gasteiger charge is 1.85. The third kappa shape index (κ3) is 0.900. The number of aromatic nitrogens is 3. The van der Waals surface area contributed by atoms with E-state index in [0.717, 1.165) is 5.69 Å². The molecule has 0 aromatic carbocycles. The summed E-state index contributed by atoms with van der Waals surface area (Å²) < 4.78 is 0. The van der Waals surface area contributed by atoms with Crippen molar-refractivity contribution >= 4 is 5.82 Å². The minimum Gasteiger partial charge on any atom is -0.382 e. The lowest BCUT2D eigenvalue weighted by atomic mass is 10.5. The van der Waals surface area contributed by atoms with Crippen molar-refractivity contribution < 1.29 is 0 Å². The molecule has 0 atom stereocenters. The van der Waals surface area contributed by atoms with Crippen molar-refractivity contribution in [2.45, 2.75) is 6.92 Å². The molecular weight excluding hydrogens is 104 g/mol. The molecule has 1 aromatic rings. The first-order valence-corrected chi connectivity index (χ1v) is 2.21. The zero-order valence-electron chi connectivity index (χ0n) is 4.50. The number of nitrogen functional groups attached to an aromatic ring is 1. The Morgan fingerprint density at radius 2 is 2.25 bits per heavy atom. The first kappa shape index (κ1) is 4.96. The molecule has 0 aliphatic carbocycles. The molecule has 0 fully saturated rings. The minimum absolute atomic E-state index is 0.414. The number of hydrogen-bond donors (Lipinski definition) is 1. The van der Waals surface area contributed by atoms with E-state index in [2.05, 4.69) is 15.4 Å². The van der Waals surface area contributed by atoms with Crippen LogP contribution in [-0.4, -0.2) is 15.4 Å². The highest BCUT2D eigenvalue weighted by molar-refractivity contribution is 5.25. The van der Waals surface area contributed by atoms with Crippen LogP contribution in [0.4, 0.5) is 5.82 Å². The van der Waals surface area contributed by atoms with Crippen molar-refractivity contribution in [3.05, 3.63) is 11.8 Å². The molecule has 0 aliphatic rings. The molecule has 0 spiro atoms. The Kier molecular flexibility index (Phi) is 1.07. The normalized spacial score (nSPS) is 9.12. The van der Waals surface area contributed by atoms with Gasteiger partial charge < -0.3 is 5.73 Å². The van der Waals surface area contributed by atoms with Gasteiger partial charge in [0.2, 0.25) is 0 Å². The van der Waals surface area contributed by atoms with E-state index in [4.69, 9.17) is 5.73 Å². The van der Waals surface area contributed by atoms with Crippen molar-refractivity contribution in [1.29, 1.82) is 0 Å². The quantitative estimate of drug-likeness (QED) is 0.500. The van der Waals surface area contributed by atoms with Crippen molar-refractivity contribution in [2.75, 3.05) is 5.73 Å². The number of anilines is 1. The molecule has 0 radical (unpaired) electrons. The Morgan fingerprint density at radius 3 is 2.62 bits per heavy atom. The number of nitrogens with two attached hydrogens (primary N) is 1. The van der Waals surface area contributed by atoms with Gasteiger partial charge in [-0.25, -0.2) is 0 Å². The van der Waals surface area contributed by atoms with E-state index in [1.807, 2.05) is 6.92 Å². The molecule has 4 nitrogen and oxygen atoms in total. The van der Waals surface area contributed by atoms with Crippen molar-refractivity contribution in [3.8, 4) is 0 Å². The van der Waals surface area contributed by atoms with Crippen LogP contribution in [-0.2, 0) is 0 Å². The summed E-state index contributed by atoms with van der Waals surface area (Å²) in [6.45, 7) is 1.81. The number of rotatable bonds is 0. The van der Waals surface area contributed by atoms with E-state index in [-0.39, 0.29) is 0 Å². The fourth-order valence-corrected chi connectivity index (χ4v) is 0.416. The second-order valence-electron chi connectivity index (χ2n) is 1.50. The Balaban J connectivity index is 3.08. The highest BCUT2D eigenvalue weighted by Crippen LogP contribution is 1.92. The minimum atomic E-state index is 0.414. The Hall–Kier alpha value is -1.19. The molecule has 4 heteroatoms. The van der Waals surface area contributed by atoms with Crippen molar-refractivity contribution in [2.24, 2.45) is 0 Å². The van der Waals surface area contributed by atoms with Gasteiger partial charge in [-0.3, -0.25) is 0 Å². The molecule has 0 aliphatic heterocycles. The standard InChI is InChI=1S/C4H6N4/c1-3-2-4(5)7-8-6-3/h2H,1H3,(H2,5,6,7). The number of hydrogen-bond acceptors (Lipinski definition) is 4. The fourth-order valence-electron chi connectivity index (χ4n) is 0.416. The SMILES string of the molecule is Cc1cc(N)nnn1. The molecule has 1 aromatic heterocycles. The predicted octanol–water partition coefficient (Wildman–Crippen LogP) is -0.238. The molecule has 2 N–H and O–H groups in total. The Morgan fingerprint density at radius 1 is 1.50 bits per heavy atom. The van der Waals surface area contributed by atoms with E-state index < -0.39 is 0 Å². The van der Waals surface area contributed by atoms with Crippen molar-refractivity contribution in [3.63, 3.8) is 0 Å². The van der Waals surface area contributed by atoms with E-state index in [1.54, 1.807) is 6.07 Å². The largest absolute Gasteiger partial charge is 0.382 e. The monoisotopic (exact) mass is 110 g/mol. The summed E-state index contributed by atoms with van der Waals surface area (Å²) in [4.78, 5) is 0. The van der Waals surface area contributed by atoms with Crippen LogP contribution in [0, 0.1) is 6.92 Å². The zero-order chi connectivity index (χ0) is 5.98. The topological polar surface area (TPSA) is 64.7 Å². The Bertz CT molecular complexity index is 168. The first-order chi connectivity index (χ1) is 3.79. The van der Waals surface area contributed by atoms with Gasteiger partial charge in [0.05, 0.1) is 5.69 Å². The summed E-state index contributed by atoms with van der Waals surface area (Å²) in [6, 6.07) is 1.66.